The first-order valence-corrected chi connectivity index (χ1v) is 10.6. The standard InChI is InChI=1S/C22H19N3OS2/c1-23-22-25(20(16-28-22)21-8-5-13-27-21)24-14-17-9-11-19(12-10-17)26-15-18-6-3-2-4-7-18/h2-14,16H,15H2,1H3. The van der Waals surface area contributed by atoms with Crippen LogP contribution < -0.4 is 9.54 Å². The van der Waals surface area contributed by atoms with Crippen molar-refractivity contribution >= 4 is 28.9 Å². The fourth-order valence-electron chi connectivity index (χ4n) is 2.67. The molecule has 4 rings (SSSR count). The van der Waals surface area contributed by atoms with Crippen molar-refractivity contribution in [3.8, 4) is 16.3 Å². The molecular weight excluding hydrogens is 386 g/mol. The molecule has 2 heterocycles. The van der Waals surface area contributed by atoms with Gasteiger partial charge in [0.1, 0.15) is 12.4 Å². The third kappa shape index (κ3) is 4.30. The summed E-state index contributed by atoms with van der Waals surface area (Å²) in [5.74, 6) is 0.840. The van der Waals surface area contributed by atoms with Gasteiger partial charge in [-0.15, -0.1) is 22.7 Å². The lowest BCUT2D eigenvalue weighted by atomic mass is 10.2. The van der Waals surface area contributed by atoms with Gasteiger partial charge in [0, 0.05) is 12.4 Å². The molecule has 0 atom stereocenters. The second-order valence-electron chi connectivity index (χ2n) is 6.00. The van der Waals surface area contributed by atoms with Gasteiger partial charge < -0.3 is 4.74 Å². The Morgan fingerprint density at radius 1 is 0.964 bits per heavy atom. The SMILES string of the molecule is CN=c1scc(-c2cccs2)n1N=Cc1ccc(OCc2ccccc2)cc1. The van der Waals surface area contributed by atoms with Crippen LogP contribution in [0, 0.1) is 0 Å². The molecule has 0 amide bonds. The molecule has 0 aliphatic rings. The summed E-state index contributed by atoms with van der Waals surface area (Å²) < 4.78 is 7.73. The monoisotopic (exact) mass is 405 g/mol. The fourth-order valence-corrected chi connectivity index (χ4v) is 4.27. The topological polar surface area (TPSA) is 38.9 Å². The van der Waals surface area contributed by atoms with E-state index in [1.165, 1.54) is 4.88 Å². The number of hydrogen-bond donors (Lipinski definition) is 0. The maximum absolute atomic E-state index is 5.84. The second kappa shape index (κ2) is 8.82. The van der Waals surface area contributed by atoms with Gasteiger partial charge in [-0.05, 0) is 46.8 Å². The van der Waals surface area contributed by atoms with Gasteiger partial charge in [-0.3, -0.25) is 4.99 Å². The summed E-state index contributed by atoms with van der Waals surface area (Å²) in [6, 6.07) is 22.2. The smallest absolute Gasteiger partial charge is 0.205 e. The van der Waals surface area contributed by atoms with Crippen LogP contribution in [0.4, 0.5) is 0 Å². The van der Waals surface area contributed by atoms with E-state index in [9.17, 15) is 0 Å². The number of aromatic nitrogens is 1. The minimum absolute atomic E-state index is 0.560. The van der Waals surface area contributed by atoms with Gasteiger partial charge in [0.15, 0.2) is 0 Å². The van der Waals surface area contributed by atoms with Crippen LogP contribution in [0.2, 0.25) is 0 Å². The molecule has 0 spiro atoms. The van der Waals surface area contributed by atoms with E-state index in [0.717, 1.165) is 27.4 Å². The number of rotatable bonds is 6. The summed E-state index contributed by atoms with van der Waals surface area (Å²) in [5.41, 5.74) is 3.21. The van der Waals surface area contributed by atoms with Crippen molar-refractivity contribution in [3.63, 3.8) is 0 Å². The van der Waals surface area contributed by atoms with Crippen molar-refractivity contribution < 1.29 is 4.74 Å². The van der Waals surface area contributed by atoms with Gasteiger partial charge in [0.25, 0.3) is 0 Å². The number of benzene rings is 2. The van der Waals surface area contributed by atoms with E-state index >= 15 is 0 Å². The predicted octanol–water partition coefficient (Wildman–Crippen LogP) is 5.27. The van der Waals surface area contributed by atoms with Crippen LogP contribution >= 0.6 is 22.7 Å². The molecule has 0 saturated heterocycles. The number of thiazole rings is 1. The van der Waals surface area contributed by atoms with Crippen LogP contribution in [0.15, 0.2) is 87.6 Å². The Hall–Kier alpha value is -2.96. The lowest BCUT2D eigenvalue weighted by Gasteiger charge is -2.06. The van der Waals surface area contributed by atoms with Crippen molar-refractivity contribution in [1.82, 2.24) is 4.68 Å². The third-order valence-corrected chi connectivity index (χ3v) is 5.90. The average molecular weight is 406 g/mol. The van der Waals surface area contributed by atoms with E-state index in [1.54, 1.807) is 29.7 Å². The van der Waals surface area contributed by atoms with Gasteiger partial charge in [0.05, 0.1) is 16.8 Å². The van der Waals surface area contributed by atoms with Gasteiger partial charge >= 0.3 is 0 Å². The number of thiophene rings is 1. The van der Waals surface area contributed by atoms with Crippen LogP contribution in [0.5, 0.6) is 5.75 Å². The molecule has 0 fully saturated rings. The van der Waals surface area contributed by atoms with Crippen LogP contribution in [-0.4, -0.2) is 17.9 Å². The molecule has 0 aliphatic carbocycles. The predicted molar refractivity (Wildman–Crippen MR) is 117 cm³/mol. The summed E-state index contributed by atoms with van der Waals surface area (Å²) in [5, 5.41) is 8.82. The highest BCUT2D eigenvalue weighted by molar-refractivity contribution is 7.14. The third-order valence-electron chi connectivity index (χ3n) is 4.10. The van der Waals surface area contributed by atoms with Crippen LogP contribution in [-0.2, 0) is 6.61 Å². The van der Waals surface area contributed by atoms with E-state index in [1.807, 2.05) is 59.4 Å². The lowest BCUT2D eigenvalue weighted by molar-refractivity contribution is 0.306. The molecule has 140 valence electrons. The quantitative estimate of drug-likeness (QED) is 0.403. The van der Waals surface area contributed by atoms with E-state index < -0.39 is 0 Å². The first-order valence-electron chi connectivity index (χ1n) is 8.82. The average Bonchev–Trinajstić information content (AvgIpc) is 3.41. The molecule has 0 bridgehead atoms. The molecule has 4 nitrogen and oxygen atoms in total. The maximum Gasteiger partial charge on any atom is 0.205 e. The molecule has 2 aromatic carbocycles. The summed E-state index contributed by atoms with van der Waals surface area (Å²) >= 11 is 3.28. The normalized spacial score (nSPS) is 12.0. The Labute approximate surface area is 171 Å². The Kier molecular flexibility index (Phi) is 5.80. The van der Waals surface area contributed by atoms with Crippen molar-refractivity contribution in [3.05, 3.63) is 93.4 Å². The molecule has 28 heavy (non-hydrogen) atoms. The molecular formula is C22H19N3OS2. The Bertz CT molecular complexity index is 1110. The zero-order chi connectivity index (χ0) is 19.2. The molecule has 0 unspecified atom stereocenters. The molecule has 4 aromatic rings. The molecule has 2 aromatic heterocycles. The summed E-state index contributed by atoms with van der Waals surface area (Å²) in [6.45, 7) is 0.560. The Morgan fingerprint density at radius 3 is 2.50 bits per heavy atom. The molecule has 0 radical (unpaired) electrons. The summed E-state index contributed by atoms with van der Waals surface area (Å²) in [7, 11) is 1.79. The first-order chi connectivity index (χ1) is 13.8. The van der Waals surface area contributed by atoms with Crippen molar-refractivity contribution in [2.45, 2.75) is 6.61 Å². The van der Waals surface area contributed by atoms with Crippen LogP contribution in [0.3, 0.4) is 0 Å². The highest BCUT2D eigenvalue weighted by Crippen LogP contribution is 2.25. The highest BCUT2D eigenvalue weighted by Gasteiger charge is 2.07. The van der Waals surface area contributed by atoms with Gasteiger partial charge in [-0.2, -0.15) is 5.10 Å². The lowest BCUT2D eigenvalue weighted by Crippen LogP contribution is -2.11. The number of ether oxygens (including phenoxy) is 1. The number of hydrogen-bond acceptors (Lipinski definition) is 5. The van der Waals surface area contributed by atoms with Crippen LogP contribution in [0.25, 0.3) is 10.6 Å². The number of nitrogens with zero attached hydrogens (tertiary/aromatic N) is 3. The van der Waals surface area contributed by atoms with Crippen molar-refractivity contribution in [2.75, 3.05) is 7.05 Å². The minimum Gasteiger partial charge on any atom is -0.489 e. The summed E-state index contributed by atoms with van der Waals surface area (Å²) in [4.78, 5) is 6.37. The first kappa shape index (κ1) is 18.4. The highest BCUT2D eigenvalue weighted by atomic mass is 32.1. The molecule has 0 saturated carbocycles. The van der Waals surface area contributed by atoms with E-state index in [-0.39, 0.29) is 0 Å². The molecule has 6 heteroatoms. The van der Waals surface area contributed by atoms with Gasteiger partial charge in [-0.1, -0.05) is 36.4 Å². The molecule has 0 N–H and O–H groups in total. The second-order valence-corrected chi connectivity index (χ2v) is 7.79. The van der Waals surface area contributed by atoms with E-state index in [4.69, 9.17) is 4.74 Å². The van der Waals surface area contributed by atoms with Crippen molar-refractivity contribution in [2.24, 2.45) is 10.1 Å². The van der Waals surface area contributed by atoms with Gasteiger partial charge in [0.2, 0.25) is 4.80 Å². The minimum atomic E-state index is 0.560. The maximum atomic E-state index is 5.84. The fraction of sp³-hybridized carbons (Fsp3) is 0.0909. The zero-order valence-corrected chi connectivity index (χ0v) is 17.0. The Morgan fingerprint density at radius 2 is 1.79 bits per heavy atom. The van der Waals surface area contributed by atoms with Gasteiger partial charge in [-0.25, -0.2) is 4.68 Å². The molecule has 0 aliphatic heterocycles. The van der Waals surface area contributed by atoms with Crippen molar-refractivity contribution in [1.29, 1.82) is 0 Å². The van der Waals surface area contributed by atoms with E-state index in [0.29, 0.717) is 6.61 Å². The van der Waals surface area contributed by atoms with E-state index in [2.05, 4.69) is 39.1 Å². The Balaban J connectivity index is 1.49. The summed E-state index contributed by atoms with van der Waals surface area (Å²) in [6.07, 6.45) is 1.85. The largest absolute Gasteiger partial charge is 0.489 e. The zero-order valence-electron chi connectivity index (χ0n) is 15.4. The van der Waals surface area contributed by atoms with Crippen LogP contribution in [0.1, 0.15) is 11.1 Å².